The van der Waals surface area contributed by atoms with E-state index < -0.39 is 0 Å². The van der Waals surface area contributed by atoms with Gasteiger partial charge in [0.1, 0.15) is 0 Å². The van der Waals surface area contributed by atoms with E-state index in [-0.39, 0.29) is 17.9 Å². The quantitative estimate of drug-likeness (QED) is 0.0585. The largest absolute Gasteiger partial charge is 0.393 e. The first-order valence-electron chi connectivity index (χ1n) is 17.0. The number of esters is 2. The Morgan fingerprint density at radius 1 is 0.553 bits per heavy atom. The molecule has 0 bridgehead atoms. The number of hydrogen-bond donors (Lipinski definition) is 1. The molecule has 0 aliphatic rings. The van der Waals surface area contributed by atoms with Gasteiger partial charge in [-0.25, -0.2) is 0 Å². The second-order valence-electron chi connectivity index (χ2n) is 11.8. The van der Waals surface area contributed by atoms with Crippen molar-refractivity contribution in [1.82, 2.24) is 5.32 Å². The molecule has 226 valence electrons. The highest BCUT2D eigenvalue weighted by molar-refractivity contribution is 5.87. The lowest BCUT2D eigenvalue weighted by atomic mass is 9.83. The van der Waals surface area contributed by atoms with Crippen LogP contribution in [0.25, 0.3) is 0 Å². The molecule has 0 saturated heterocycles. The van der Waals surface area contributed by atoms with Crippen LogP contribution in [0.2, 0.25) is 0 Å². The van der Waals surface area contributed by atoms with Crippen molar-refractivity contribution in [3.63, 3.8) is 0 Å². The van der Waals surface area contributed by atoms with E-state index in [0.717, 1.165) is 32.1 Å². The maximum Gasteiger partial charge on any atom is 0.318 e. The molecule has 0 radical (unpaired) electrons. The highest BCUT2D eigenvalue weighted by Crippen LogP contribution is 2.27. The van der Waals surface area contributed by atoms with Crippen molar-refractivity contribution in [3.05, 3.63) is 0 Å². The average Bonchev–Trinajstić information content (AvgIpc) is 2.91. The molecule has 1 N–H and O–H groups in total. The summed E-state index contributed by atoms with van der Waals surface area (Å²) in [5.74, 6) is -0.538. The number of ether oxygens (including phenoxy) is 1. The van der Waals surface area contributed by atoms with Crippen LogP contribution in [0.15, 0.2) is 0 Å². The summed E-state index contributed by atoms with van der Waals surface area (Å²) in [6.07, 6.45) is 30.1. The fourth-order valence-electron chi connectivity index (χ4n) is 5.58. The molecule has 2 atom stereocenters. The highest BCUT2D eigenvalue weighted by Gasteiger charge is 2.30. The molecule has 4 heteroatoms. The van der Waals surface area contributed by atoms with E-state index in [1.807, 2.05) is 7.05 Å². The van der Waals surface area contributed by atoms with Gasteiger partial charge in [0.05, 0.1) is 5.92 Å². The minimum Gasteiger partial charge on any atom is -0.393 e. The Bertz CT molecular complexity index is 522. The van der Waals surface area contributed by atoms with Crippen LogP contribution in [0.1, 0.15) is 181 Å². The molecule has 0 rings (SSSR count). The Morgan fingerprint density at radius 2 is 0.921 bits per heavy atom. The van der Waals surface area contributed by atoms with E-state index in [9.17, 15) is 9.59 Å². The van der Waals surface area contributed by atoms with E-state index in [1.165, 1.54) is 122 Å². The van der Waals surface area contributed by atoms with E-state index in [2.05, 4.69) is 26.1 Å². The normalized spacial score (nSPS) is 12.9. The predicted octanol–water partition coefficient (Wildman–Crippen LogP) is 10.3. The van der Waals surface area contributed by atoms with Gasteiger partial charge in [-0.1, -0.05) is 156 Å². The van der Waals surface area contributed by atoms with Gasteiger partial charge in [-0.2, -0.15) is 0 Å². The van der Waals surface area contributed by atoms with Crippen molar-refractivity contribution in [2.24, 2.45) is 11.8 Å². The van der Waals surface area contributed by atoms with Gasteiger partial charge in [0.25, 0.3) is 0 Å². The van der Waals surface area contributed by atoms with Crippen LogP contribution in [0.4, 0.5) is 0 Å². The van der Waals surface area contributed by atoms with E-state index in [0.29, 0.717) is 18.9 Å². The minimum absolute atomic E-state index is 0.219. The summed E-state index contributed by atoms with van der Waals surface area (Å²) in [6.45, 7) is 7.35. The molecule has 0 aromatic rings. The van der Waals surface area contributed by atoms with Crippen LogP contribution in [0.3, 0.4) is 0 Å². The van der Waals surface area contributed by atoms with Crippen molar-refractivity contribution in [2.75, 3.05) is 13.6 Å². The van der Waals surface area contributed by atoms with Gasteiger partial charge < -0.3 is 10.1 Å². The number of rotatable bonds is 29. The Labute approximate surface area is 238 Å². The van der Waals surface area contributed by atoms with Gasteiger partial charge in [0, 0.05) is 13.0 Å². The van der Waals surface area contributed by atoms with Crippen molar-refractivity contribution in [3.8, 4) is 0 Å². The zero-order valence-electron chi connectivity index (χ0n) is 26.3. The Hall–Kier alpha value is -0.900. The van der Waals surface area contributed by atoms with Crippen LogP contribution >= 0.6 is 0 Å². The number of hydrogen-bond acceptors (Lipinski definition) is 4. The van der Waals surface area contributed by atoms with Crippen molar-refractivity contribution in [1.29, 1.82) is 0 Å². The highest BCUT2D eigenvalue weighted by atomic mass is 16.6. The van der Waals surface area contributed by atoms with Crippen molar-refractivity contribution >= 4 is 11.9 Å². The molecular formula is C34H67NO3. The maximum absolute atomic E-state index is 13.1. The molecule has 4 nitrogen and oxygen atoms in total. The summed E-state index contributed by atoms with van der Waals surface area (Å²) in [5.41, 5.74) is 0. The monoisotopic (exact) mass is 538 g/mol. The first-order valence-corrected chi connectivity index (χ1v) is 17.0. The molecular weight excluding hydrogens is 470 g/mol. The molecule has 0 fully saturated rings. The average molecular weight is 538 g/mol. The Morgan fingerprint density at radius 3 is 1.34 bits per heavy atom. The number of carbonyl (C=O) groups is 2. The minimum atomic E-state index is -0.326. The topological polar surface area (TPSA) is 55.4 Å². The lowest BCUT2D eigenvalue weighted by Gasteiger charge is -2.25. The fraction of sp³-hybridized carbons (Fsp3) is 0.941. The van der Waals surface area contributed by atoms with Gasteiger partial charge in [-0.05, 0) is 32.2 Å². The molecule has 0 spiro atoms. The van der Waals surface area contributed by atoms with Gasteiger partial charge >= 0.3 is 11.9 Å². The zero-order chi connectivity index (χ0) is 28.1. The summed E-state index contributed by atoms with van der Waals surface area (Å²) >= 11 is 0. The van der Waals surface area contributed by atoms with Crippen LogP contribution < -0.4 is 5.32 Å². The number of unbranched alkanes of at least 4 members (excludes halogenated alkanes) is 19. The summed E-state index contributed by atoms with van der Waals surface area (Å²) in [7, 11) is 1.90. The first kappa shape index (κ1) is 37.1. The van der Waals surface area contributed by atoms with Gasteiger partial charge in [0.15, 0.2) is 0 Å². The standard InChI is InChI=1S/C34H67NO3/c1-5-8-11-14-16-17-18-19-21-23-26-29-33(36)38-34(37)32(30-35-4)31(27-24-13-10-7-3)28-25-22-20-15-12-9-6-2/h31-32,35H,5-30H2,1-4H3. The summed E-state index contributed by atoms with van der Waals surface area (Å²) < 4.78 is 5.42. The van der Waals surface area contributed by atoms with Crippen LogP contribution in [-0.2, 0) is 14.3 Å². The molecule has 0 aliphatic heterocycles. The van der Waals surface area contributed by atoms with Gasteiger partial charge in [-0.3, -0.25) is 9.59 Å². The molecule has 0 aliphatic carbocycles. The summed E-state index contributed by atoms with van der Waals surface area (Å²) in [6, 6.07) is 0. The summed E-state index contributed by atoms with van der Waals surface area (Å²) in [4.78, 5) is 25.6. The van der Waals surface area contributed by atoms with Crippen LogP contribution in [0.5, 0.6) is 0 Å². The maximum atomic E-state index is 13.1. The third-order valence-corrected chi connectivity index (χ3v) is 8.10. The van der Waals surface area contributed by atoms with Gasteiger partial charge in [-0.15, -0.1) is 0 Å². The Balaban J connectivity index is 4.41. The molecule has 0 aromatic heterocycles. The van der Waals surface area contributed by atoms with Crippen molar-refractivity contribution < 1.29 is 14.3 Å². The van der Waals surface area contributed by atoms with E-state index >= 15 is 0 Å². The SMILES string of the molecule is CCCCCCCCCCCCCC(=O)OC(=O)C(CNC)C(CCCCCC)CCCCCCCCC. The number of nitrogens with one attached hydrogen (secondary N) is 1. The molecule has 0 saturated carbocycles. The molecule has 0 heterocycles. The van der Waals surface area contributed by atoms with Gasteiger partial charge in [0.2, 0.25) is 0 Å². The third kappa shape index (κ3) is 23.0. The van der Waals surface area contributed by atoms with Crippen molar-refractivity contribution in [2.45, 2.75) is 181 Å². The second-order valence-corrected chi connectivity index (χ2v) is 11.8. The fourth-order valence-corrected chi connectivity index (χ4v) is 5.58. The molecule has 0 amide bonds. The van der Waals surface area contributed by atoms with Crippen LogP contribution in [0, 0.1) is 11.8 Å². The van der Waals surface area contributed by atoms with E-state index in [4.69, 9.17) is 4.74 Å². The summed E-state index contributed by atoms with van der Waals surface area (Å²) in [5, 5.41) is 3.21. The smallest absolute Gasteiger partial charge is 0.318 e. The lowest BCUT2D eigenvalue weighted by molar-refractivity contribution is -0.164. The predicted molar refractivity (Wildman–Crippen MR) is 164 cm³/mol. The van der Waals surface area contributed by atoms with E-state index in [1.54, 1.807) is 0 Å². The zero-order valence-corrected chi connectivity index (χ0v) is 26.3. The Kier molecular flexibility index (Phi) is 28.4. The lowest BCUT2D eigenvalue weighted by Crippen LogP contribution is -2.35. The molecule has 38 heavy (non-hydrogen) atoms. The van der Waals surface area contributed by atoms with Crippen LogP contribution in [-0.4, -0.2) is 25.5 Å². The second kappa shape index (κ2) is 29.1. The third-order valence-electron chi connectivity index (χ3n) is 8.10. The first-order chi connectivity index (χ1) is 18.6. The number of carbonyl (C=O) groups excluding carboxylic acids is 2. The molecule has 2 unspecified atom stereocenters. The molecule has 0 aromatic carbocycles.